The summed E-state index contributed by atoms with van der Waals surface area (Å²) in [5, 5.41) is 25.0. The summed E-state index contributed by atoms with van der Waals surface area (Å²) in [6.07, 6.45) is -0.620. The number of unbranched alkanes of at least 4 members (excludes halogenated alkanes) is 1. The number of ether oxygens (including phenoxy) is 4. The third kappa shape index (κ3) is 9.91. The maximum Gasteiger partial charge on any atom is 0.243 e. The highest BCUT2D eigenvalue weighted by Gasteiger charge is 2.47. The van der Waals surface area contributed by atoms with E-state index in [0.29, 0.717) is 44.5 Å². The molecule has 3 aliphatic rings. The van der Waals surface area contributed by atoms with Gasteiger partial charge in [-0.05, 0) is 55.2 Å². The van der Waals surface area contributed by atoms with Gasteiger partial charge in [0.15, 0.2) is 17.8 Å². The number of rotatable bonds is 19. The Balaban J connectivity index is 1.41. The van der Waals surface area contributed by atoms with Gasteiger partial charge in [-0.1, -0.05) is 57.5 Å². The number of amides is 1. The van der Waals surface area contributed by atoms with Crippen molar-refractivity contribution in [3.8, 4) is 11.5 Å². The summed E-state index contributed by atoms with van der Waals surface area (Å²) in [6, 6.07) is 11.7. The largest absolute Gasteiger partial charge is 0.530 e. The van der Waals surface area contributed by atoms with Gasteiger partial charge in [0.25, 0.3) is 0 Å². The number of carboxylic acid groups (broad SMARTS) is 1. The summed E-state index contributed by atoms with van der Waals surface area (Å²) < 4.78 is 79.1. The van der Waals surface area contributed by atoms with Crippen LogP contribution in [0.1, 0.15) is 58.4 Å². The number of aliphatic hydroxyl groups excluding tert-OH is 1. The topological polar surface area (TPSA) is 184 Å². The molecule has 2 aromatic carbocycles. The zero-order chi connectivity index (χ0) is 36.8. The number of nitrogens with zero attached hydrogens (tertiary/aromatic N) is 2. The summed E-state index contributed by atoms with van der Waals surface area (Å²) in [7, 11) is -7.62. The van der Waals surface area contributed by atoms with E-state index < -0.39 is 62.6 Å². The van der Waals surface area contributed by atoms with Gasteiger partial charge in [0.05, 0.1) is 42.0 Å². The SMILES string of the molecule is CCCS(=O)(=O)NCCCCC(C)(C)CN(C[C@@H](O)[C@H](Cc1ccccc1)N(C(=O)[O-])[C@H]1CO[C@H]2OCC[C@H]21)S(=O)(=O)c1ccc2c(c1)OCO2. The average Bonchev–Trinajstić information content (AvgIpc) is 3.82. The molecular weight excluding hydrogens is 703 g/mol. The van der Waals surface area contributed by atoms with Crippen LogP contribution in [0.15, 0.2) is 53.4 Å². The minimum Gasteiger partial charge on any atom is -0.530 e. The third-order valence-electron chi connectivity index (χ3n) is 9.72. The van der Waals surface area contributed by atoms with E-state index in [-0.39, 0.29) is 55.2 Å². The molecular formula is C35H50N3O11S2-. The molecule has 0 saturated carbocycles. The summed E-state index contributed by atoms with van der Waals surface area (Å²) in [4.78, 5) is 14.0. The quantitative estimate of drug-likeness (QED) is 0.201. The van der Waals surface area contributed by atoms with Crippen LogP contribution in [-0.4, -0.2) is 107 Å². The molecule has 16 heteroatoms. The van der Waals surface area contributed by atoms with Crippen molar-refractivity contribution in [2.75, 3.05) is 45.4 Å². The highest BCUT2D eigenvalue weighted by atomic mass is 32.2. The van der Waals surface area contributed by atoms with Gasteiger partial charge in [0.1, 0.15) is 6.09 Å². The summed E-state index contributed by atoms with van der Waals surface area (Å²) in [6.45, 7) is 5.89. The number of benzene rings is 2. The second kappa shape index (κ2) is 16.8. The van der Waals surface area contributed by atoms with E-state index in [0.717, 1.165) is 10.5 Å². The van der Waals surface area contributed by atoms with Crippen LogP contribution in [-0.2, 0) is 35.9 Å². The lowest BCUT2D eigenvalue weighted by atomic mass is 9.87. The van der Waals surface area contributed by atoms with Gasteiger partial charge in [-0.25, -0.2) is 21.6 Å². The van der Waals surface area contributed by atoms with Crippen molar-refractivity contribution in [2.45, 2.75) is 88.7 Å². The van der Waals surface area contributed by atoms with Crippen LogP contribution < -0.4 is 19.3 Å². The van der Waals surface area contributed by atoms with Crippen LogP contribution >= 0.6 is 0 Å². The van der Waals surface area contributed by atoms with Crippen LogP contribution in [0.3, 0.4) is 0 Å². The summed E-state index contributed by atoms with van der Waals surface area (Å²) in [5.41, 5.74) is 0.133. The van der Waals surface area contributed by atoms with Crippen molar-refractivity contribution in [1.29, 1.82) is 0 Å². The Morgan fingerprint density at radius 2 is 1.80 bits per heavy atom. The Morgan fingerprint density at radius 1 is 1.06 bits per heavy atom. The Kier molecular flexibility index (Phi) is 12.9. The van der Waals surface area contributed by atoms with Crippen molar-refractivity contribution in [1.82, 2.24) is 13.9 Å². The summed E-state index contributed by atoms with van der Waals surface area (Å²) >= 11 is 0. The van der Waals surface area contributed by atoms with Gasteiger partial charge in [0, 0.05) is 31.6 Å². The standard InChI is InChI=1S/C35H51N3O11S2/c1-4-18-50(42,43)36-16-9-8-15-35(2,3)23-37(51(44,45)26-12-13-31-32(20-26)49-24-48-31)21-30(39)28(19-25-10-6-5-7-11-25)38(34(40)41)29-22-47-33-27(29)14-17-46-33/h5-7,10-13,20,27-30,33,36,39H,4,8-9,14-19,21-24H2,1-3H3,(H,40,41)/p-1/t27-,28-,29-,30+,33+/m0/s1. The van der Waals surface area contributed by atoms with Crippen molar-refractivity contribution >= 4 is 26.1 Å². The number of nitrogens with one attached hydrogen (secondary N) is 1. The van der Waals surface area contributed by atoms with E-state index in [1.807, 2.05) is 44.2 Å². The van der Waals surface area contributed by atoms with Gasteiger partial charge in [-0.3, -0.25) is 0 Å². The number of carbonyl (C=O) groups is 1. The fourth-order valence-corrected chi connectivity index (χ4v) is 9.94. The Morgan fingerprint density at radius 3 is 2.53 bits per heavy atom. The number of hydrogen-bond donors (Lipinski definition) is 2. The van der Waals surface area contributed by atoms with Gasteiger partial charge in [0.2, 0.25) is 26.8 Å². The molecule has 3 heterocycles. The maximum absolute atomic E-state index is 14.4. The van der Waals surface area contributed by atoms with E-state index in [4.69, 9.17) is 18.9 Å². The number of sulfonamides is 2. The lowest BCUT2D eigenvalue weighted by Gasteiger charge is -2.43. The minimum absolute atomic E-state index is 0.0170. The molecule has 0 unspecified atom stereocenters. The monoisotopic (exact) mass is 752 g/mol. The number of carbonyl (C=O) groups excluding carboxylic acids is 1. The van der Waals surface area contributed by atoms with Crippen LogP contribution in [0, 0.1) is 11.3 Å². The van der Waals surface area contributed by atoms with Crippen molar-refractivity contribution in [3.63, 3.8) is 0 Å². The second-order valence-corrected chi connectivity index (χ2v) is 18.1. The molecule has 2 saturated heterocycles. The van der Waals surface area contributed by atoms with Gasteiger partial charge in [-0.15, -0.1) is 0 Å². The summed E-state index contributed by atoms with van der Waals surface area (Å²) in [5.74, 6) is 0.487. The average molecular weight is 753 g/mol. The molecule has 2 aromatic rings. The number of aliphatic hydroxyl groups is 1. The first-order valence-corrected chi connectivity index (χ1v) is 20.6. The first-order valence-electron chi connectivity index (χ1n) is 17.5. The van der Waals surface area contributed by atoms with E-state index in [1.54, 1.807) is 6.92 Å². The Hall–Kier alpha value is -2.99. The Labute approximate surface area is 301 Å². The fraction of sp³-hybridized carbons (Fsp3) is 0.629. The van der Waals surface area contributed by atoms with E-state index in [9.17, 15) is 31.8 Å². The number of fused-ring (bicyclic) bond motifs is 2. The second-order valence-electron chi connectivity index (χ2n) is 14.2. The molecule has 14 nitrogen and oxygen atoms in total. The third-order valence-corrected chi connectivity index (χ3v) is 13.1. The zero-order valence-electron chi connectivity index (χ0n) is 29.4. The van der Waals surface area contributed by atoms with Gasteiger partial charge in [-0.2, -0.15) is 4.31 Å². The molecule has 0 spiro atoms. The van der Waals surface area contributed by atoms with E-state index in [1.165, 1.54) is 22.5 Å². The van der Waals surface area contributed by atoms with Crippen LogP contribution in [0.5, 0.6) is 11.5 Å². The van der Waals surface area contributed by atoms with Crippen LogP contribution in [0.4, 0.5) is 4.79 Å². The van der Waals surface area contributed by atoms with E-state index in [2.05, 4.69) is 4.72 Å². The molecule has 0 radical (unpaired) electrons. The predicted molar refractivity (Wildman–Crippen MR) is 186 cm³/mol. The molecule has 3 aliphatic heterocycles. The van der Waals surface area contributed by atoms with Gasteiger partial charge >= 0.3 is 0 Å². The van der Waals surface area contributed by atoms with E-state index >= 15 is 0 Å². The molecule has 51 heavy (non-hydrogen) atoms. The number of hydrogen-bond acceptors (Lipinski definition) is 11. The van der Waals surface area contributed by atoms with Crippen LogP contribution in [0.2, 0.25) is 0 Å². The molecule has 284 valence electrons. The Bertz CT molecular complexity index is 1690. The lowest BCUT2D eigenvalue weighted by Crippen LogP contribution is -2.61. The molecule has 2 N–H and O–H groups in total. The molecule has 0 aromatic heterocycles. The molecule has 2 fully saturated rings. The molecule has 5 atom stereocenters. The molecule has 0 bridgehead atoms. The minimum atomic E-state index is -4.28. The maximum atomic E-state index is 14.4. The first kappa shape index (κ1) is 39.2. The normalized spacial score (nSPS) is 21.5. The lowest BCUT2D eigenvalue weighted by molar-refractivity contribution is -0.273. The predicted octanol–water partition coefficient (Wildman–Crippen LogP) is 2.31. The van der Waals surface area contributed by atoms with Gasteiger partial charge < -0.3 is 38.9 Å². The fourth-order valence-electron chi connectivity index (χ4n) is 7.14. The molecule has 5 rings (SSSR count). The van der Waals surface area contributed by atoms with Crippen molar-refractivity contribution < 1.29 is 50.8 Å². The van der Waals surface area contributed by atoms with Crippen molar-refractivity contribution in [2.24, 2.45) is 11.3 Å². The van der Waals surface area contributed by atoms with Crippen LogP contribution in [0.25, 0.3) is 0 Å². The smallest absolute Gasteiger partial charge is 0.243 e. The van der Waals surface area contributed by atoms with Crippen molar-refractivity contribution in [3.05, 3.63) is 54.1 Å². The zero-order valence-corrected chi connectivity index (χ0v) is 31.1. The molecule has 1 amide bonds. The highest BCUT2D eigenvalue weighted by Crippen LogP contribution is 2.38. The molecule has 0 aliphatic carbocycles. The highest BCUT2D eigenvalue weighted by molar-refractivity contribution is 7.89. The first-order chi connectivity index (χ1) is 24.2.